The third-order valence-electron chi connectivity index (χ3n) is 4.69. The quantitative estimate of drug-likeness (QED) is 0.526. The molecule has 0 unspecified atom stereocenters. The van der Waals surface area contributed by atoms with E-state index >= 15 is 0 Å². The van der Waals surface area contributed by atoms with Crippen LogP contribution in [-0.2, 0) is 16.4 Å². The molecule has 0 bridgehead atoms. The maximum absolute atomic E-state index is 12.7. The van der Waals surface area contributed by atoms with Crippen molar-refractivity contribution in [1.82, 2.24) is 5.32 Å². The molecular weight excluding hydrogens is 396 g/mol. The van der Waals surface area contributed by atoms with Crippen molar-refractivity contribution in [3.8, 4) is 0 Å². The molecule has 3 aromatic carbocycles. The summed E-state index contributed by atoms with van der Waals surface area (Å²) in [4.78, 5) is 12.5. The first-order chi connectivity index (χ1) is 14.3. The van der Waals surface area contributed by atoms with Gasteiger partial charge in [0.25, 0.3) is 15.9 Å². The standard InChI is InChI=1S/C24H26N2O3S/c1-18-7-3-9-20(15-18)10-6-14-25-24(27)21-11-5-13-23(17-21)30(28,29)26-22-12-4-8-19(2)16-22/h3-5,7-9,11-13,15-17,26H,6,10,14H2,1-2H3,(H,25,27). The number of hydrogen-bond acceptors (Lipinski definition) is 3. The van der Waals surface area contributed by atoms with Crippen molar-refractivity contribution in [1.29, 1.82) is 0 Å². The maximum Gasteiger partial charge on any atom is 0.261 e. The van der Waals surface area contributed by atoms with Crippen molar-refractivity contribution in [3.05, 3.63) is 95.1 Å². The van der Waals surface area contributed by atoms with Gasteiger partial charge in [-0.15, -0.1) is 0 Å². The molecule has 1 amide bonds. The number of rotatable bonds is 8. The van der Waals surface area contributed by atoms with Crippen molar-refractivity contribution in [3.63, 3.8) is 0 Å². The summed E-state index contributed by atoms with van der Waals surface area (Å²) in [5.41, 5.74) is 4.21. The Morgan fingerprint density at radius 1 is 0.867 bits per heavy atom. The predicted molar refractivity (Wildman–Crippen MR) is 120 cm³/mol. The molecule has 0 saturated carbocycles. The lowest BCUT2D eigenvalue weighted by Crippen LogP contribution is -2.25. The van der Waals surface area contributed by atoms with Gasteiger partial charge in [-0.05, 0) is 68.1 Å². The first kappa shape index (κ1) is 21.6. The minimum atomic E-state index is -3.78. The topological polar surface area (TPSA) is 75.3 Å². The van der Waals surface area contributed by atoms with Gasteiger partial charge in [-0.1, -0.05) is 48.0 Å². The monoisotopic (exact) mass is 422 g/mol. The Labute approximate surface area is 178 Å². The van der Waals surface area contributed by atoms with Crippen LogP contribution in [0.4, 0.5) is 5.69 Å². The van der Waals surface area contributed by atoms with E-state index in [2.05, 4.69) is 35.2 Å². The van der Waals surface area contributed by atoms with Crippen LogP contribution in [0.2, 0.25) is 0 Å². The van der Waals surface area contributed by atoms with Crippen molar-refractivity contribution in [2.24, 2.45) is 0 Å². The Balaban J connectivity index is 1.60. The summed E-state index contributed by atoms with van der Waals surface area (Å²) in [5.74, 6) is -0.285. The summed E-state index contributed by atoms with van der Waals surface area (Å²) in [6.07, 6.45) is 1.68. The molecule has 30 heavy (non-hydrogen) atoms. The fourth-order valence-corrected chi connectivity index (χ4v) is 4.29. The molecule has 0 aliphatic rings. The van der Waals surface area contributed by atoms with Crippen LogP contribution < -0.4 is 10.0 Å². The van der Waals surface area contributed by atoms with E-state index in [-0.39, 0.29) is 10.8 Å². The summed E-state index contributed by atoms with van der Waals surface area (Å²) in [7, 11) is -3.78. The summed E-state index contributed by atoms with van der Waals surface area (Å²) in [5, 5.41) is 2.87. The number of amides is 1. The highest BCUT2D eigenvalue weighted by atomic mass is 32.2. The average molecular weight is 423 g/mol. The van der Waals surface area contributed by atoms with E-state index < -0.39 is 10.0 Å². The number of carbonyl (C=O) groups is 1. The van der Waals surface area contributed by atoms with E-state index in [0.29, 0.717) is 17.8 Å². The lowest BCUT2D eigenvalue weighted by molar-refractivity contribution is 0.0953. The fraction of sp³-hybridized carbons (Fsp3) is 0.208. The second-order valence-corrected chi connectivity index (χ2v) is 9.03. The van der Waals surface area contributed by atoms with E-state index in [4.69, 9.17) is 0 Å². The molecule has 3 aromatic rings. The van der Waals surface area contributed by atoms with Crippen LogP contribution in [0.15, 0.2) is 77.7 Å². The van der Waals surface area contributed by atoms with Crippen molar-refractivity contribution in [2.75, 3.05) is 11.3 Å². The van der Waals surface area contributed by atoms with Gasteiger partial charge in [0.1, 0.15) is 0 Å². The van der Waals surface area contributed by atoms with Crippen LogP contribution in [0.5, 0.6) is 0 Å². The molecule has 5 nitrogen and oxygen atoms in total. The molecule has 0 aliphatic heterocycles. The van der Waals surface area contributed by atoms with E-state index in [1.807, 2.05) is 19.1 Å². The smallest absolute Gasteiger partial charge is 0.261 e. The van der Waals surface area contributed by atoms with Crippen molar-refractivity contribution >= 4 is 21.6 Å². The molecule has 2 N–H and O–H groups in total. The average Bonchev–Trinajstić information content (AvgIpc) is 2.71. The van der Waals surface area contributed by atoms with E-state index in [1.165, 1.54) is 23.3 Å². The second-order valence-electron chi connectivity index (χ2n) is 7.35. The number of benzene rings is 3. The number of carbonyl (C=O) groups excluding carboxylic acids is 1. The number of nitrogens with one attached hydrogen (secondary N) is 2. The second kappa shape index (κ2) is 9.59. The third-order valence-corrected chi connectivity index (χ3v) is 6.07. The molecule has 0 aliphatic carbocycles. The van der Waals surface area contributed by atoms with E-state index in [9.17, 15) is 13.2 Å². The Bertz CT molecular complexity index is 1140. The Kier molecular flexibility index (Phi) is 6.90. The molecular formula is C24H26N2O3S. The molecule has 0 atom stereocenters. The zero-order chi connectivity index (χ0) is 21.6. The molecule has 0 aromatic heterocycles. The zero-order valence-electron chi connectivity index (χ0n) is 17.2. The normalized spacial score (nSPS) is 11.1. The molecule has 0 saturated heterocycles. The van der Waals surface area contributed by atoms with Gasteiger partial charge in [-0.2, -0.15) is 0 Å². The maximum atomic E-state index is 12.7. The SMILES string of the molecule is Cc1cccc(CCCNC(=O)c2cccc(S(=O)(=O)Nc3cccc(C)c3)c2)c1. The van der Waals surface area contributed by atoms with Crippen molar-refractivity contribution < 1.29 is 13.2 Å². The summed E-state index contributed by atoms with van der Waals surface area (Å²) < 4.78 is 27.9. The molecule has 0 radical (unpaired) electrons. The Morgan fingerprint density at radius 3 is 2.30 bits per heavy atom. The van der Waals surface area contributed by atoms with Gasteiger partial charge in [-0.25, -0.2) is 8.42 Å². The van der Waals surface area contributed by atoms with Crippen LogP contribution in [0.25, 0.3) is 0 Å². The van der Waals surface area contributed by atoms with Gasteiger partial charge in [0.2, 0.25) is 0 Å². The third kappa shape index (κ3) is 5.94. The van der Waals surface area contributed by atoms with E-state index in [1.54, 1.807) is 30.3 Å². The highest BCUT2D eigenvalue weighted by molar-refractivity contribution is 7.92. The van der Waals surface area contributed by atoms with Crippen LogP contribution in [0, 0.1) is 13.8 Å². The van der Waals surface area contributed by atoms with Gasteiger partial charge in [-0.3, -0.25) is 9.52 Å². The zero-order valence-corrected chi connectivity index (χ0v) is 18.0. The summed E-state index contributed by atoms with van der Waals surface area (Å²) in [6.45, 7) is 4.47. The minimum absolute atomic E-state index is 0.0522. The van der Waals surface area contributed by atoms with Gasteiger partial charge < -0.3 is 5.32 Å². The largest absolute Gasteiger partial charge is 0.352 e. The molecule has 3 rings (SSSR count). The highest BCUT2D eigenvalue weighted by Crippen LogP contribution is 2.18. The van der Waals surface area contributed by atoms with Crippen LogP contribution >= 0.6 is 0 Å². The minimum Gasteiger partial charge on any atom is -0.352 e. The molecule has 0 fully saturated rings. The fourth-order valence-electron chi connectivity index (χ4n) is 3.19. The van der Waals surface area contributed by atoms with Gasteiger partial charge in [0.05, 0.1) is 4.90 Å². The highest BCUT2D eigenvalue weighted by Gasteiger charge is 2.16. The number of anilines is 1. The van der Waals surface area contributed by atoms with Crippen molar-refractivity contribution in [2.45, 2.75) is 31.6 Å². The van der Waals surface area contributed by atoms with E-state index in [0.717, 1.165) is 18.4 Å². The summed E-state index contributed by atoms with van der Waals surface area (Å²) >= 11 is 0. The Hall–Kier alpha value is -3.12. The van der Waals surface area contributed by atoms with Crippen LogP contribution in [0.1, 0.15) is 33.5 Å². The molecule has 156 valence electrons. The molecule has 6 heteroatoms. The predicted octanol–water partition coefficient (Wildman–Crippen LogP) is 4.47. The number of sulfonamides is 1. The first-order valence-electron chi connectivity index (χ1n) is 9.87. The van der Waals surface area contributed by atoms with Gasteiger partial charge >= 0.3 is 0 Å². The summed E-state index contributed by atoms with van der Waals surface area (Å²) in [6, 6.07) is 21.5. The molecule has 0 spiro atoms. The Morgan fingerprint density at radius 2 is 1.57 bits per heavy atom. The number of aryl methyl sites for hydroxylation is 3. The van der Waals surface area contributed by atoms with Gasteiger partial charge in [0, 0.05) is 17.8 Å². The van der Waals surface area contributed by atoms with Crippen LogP contribution in [-0.4, -0.2) is 20.9 Å². The lowest BCUT2D eigenvalue weighted by Gasteiger charge is -2.10. The lowest BCUT2D eigenvalue weighted by atomic mass is 10.1. The number of hydrogen-bond donors (Lipinski definition) is 2. The van der Waals surface area contributed by atoms with Gasteiger partial charge in [0.15, 0.2) is 0 Å². The molecule has 0 heterocycles. The first-order valence-corrected chi connectivity index (χ1v) is 11.4. The van der Waals surface area contributed by atoms with Crippen LogP contribution in [0.3, 0.4) is 0 Å².